The van der Waals surface area contributed by atoms with Crippen molar-refractivity contribution in [3.05, 3.63) is 34.3 Å². The molecule has 3 aromatic rings. The highest BCUT2D eigenvalue weighted by Crippen LogP contribution is 2.33. The van der Waals surface area contributed by atoms with Gasteiger partial charge >= 0.3 is 11.8 Å². The second kappa shape index (κ2) is 9.61. The Bertz CT molecular complexity index is 1320. The molecule has 2 aromatic heterocycles. The van der Waals surface area contributed by atoms with Crippen LogP contribution in [0.5, 0.6) is 0 Å². The van der Waals surface area contributed by atoms with Gasteiger partial charge in [0, 0.05) is 38.9 Å². The van der Waals surface area contributed by atoms with Gasteiger partial charge in [0.2, 0.25) is 5.69 Å². The van der Waals surface area contributed by atoms with Crippen molar-refractivity contribution >= 4 is 28.5 Å². The molecule has 0 radical (unpaired) electrons. The summed E-state index contributed by atoms with van der Waals surface area (Å²) >= 11 is 0. The molecule has 1 unspecified atom stereocenters. The third kappa shape index (κ3) is 5.22. The van der Waals surface area contributed by atoms with Gasteiger partial charge in [0.05, 0.1) is 21.6 Å². The van der Waals surface area contributed by atoms with Crippen molar-refractivity contribution in [1.82, 2.24) is 24.6 Å². The molecule has 2 saturated heterocycles. The van der Waals surface area contributed by atoms with E-state index in [4.69, 9.17) is 9.47 Å². The first-order valence-corrected chi connectivity index (χ1v) is 12.4. The van der Waals surface area contributed by atoms with Gasteiger partial charge in [0.1, 0.15) is 23.8 Å². The molecule has 1 atom stereocenters. The molecule has 0 bridgehead atoms. The molecule has 4 heterocycles. The number of hydrogen-bond acceptors (Lipinski definition) is 8. The molecule has 2 fully saturated rings. The van der Waals surface area contributed by atoms with Crippen LogP contribution in [-0.4, -0.2) is 74.1 Å². The highest BCUT2D eigenvalue weighted by Gasteiger charge is 2.29. The number of amides is 1. The minimum atomic E-state index is -0.585. The van der Waals surface area contributed by atoms with Crippen LogP contribution in [0.1, 0.15) is 46.3 Å². The summed E-state index contributed by atoms with van der Waals surface area (Å²) in [5, 5.41) is 16.1. The average Bonchev–Trinajstić information content (AvgIpc) is 3.47. The van der Waals surface area contributed by atoms with Crippen LogP contribution < -0.4 is 4.90 Å². The SMILES string of the molecule is CC(C)(C)OC(=O)N1CCN(c2cc3[nH]c(-c4nn(C5CCCCO5)cc4[N+](=O)[O-])nc3cc2F)CC1. The molecule has 13 heteroatoms. The number of fused-ring (bicyclic) bond motifs is 1. The monoisotopic (exact) mass is 515 g/mol. The van der Waals surface area contributed by atoms with Crippen molar-refractivity contribution < 1.29 is 23.6 Å². The summed E-state index contributed by atoms with van der Waals surface area (Å²) in [6, 6.07) is 2.94. The molecule has 1 N–H and O–H groups in total. The molecule has 0 spiro atoms. The predicted octanol–water partition coefficient (Wildman–Crippen LogP) is 4.23. The topological polar surface area (TPSA) is 132 Å². The van der Waals surface area contributed by atoms with Gasteiger partial charge in [-0.3, -0.25) is 10.1 Å². The number of imidazole rings is 1. The highest BCUT2D eigenvalue weighted by atomic mass is 19.1. The van der Waals surface area contributed by atoms with Gasteiger partial charge in [-0.25, -0.2) is 18.9 Å². The number of piperazine rings is 1. The zero-order valence-corrected chi connectivity index (χ0v) is 21.1. The lowest BCUT2D eigenvalue weighted by molar-refractivity contribution is -0.384. The Morgan fingerprint density at radius 2 is 2.00 bits per heavy atom. The van der Waals surface area contributed by atoms with Gasteiger partial charge in [-0.05, 0) is 46.1 Å². The van der Waals surface area contributed by atoms with Gasteiger partial charge in [0.25, 0.3) is 0 Å². The molecule has 5 rings (SSSR count). The Morgan fingerprint density at radius 3 is 2.65 bits per heavy atom. The summed E-state index contributed by atoms with van der Waals surface area (Å²) in [6.45, 7) is 7.67. The van der Waals surface area contributed by atoms with E-state index in [0.29, 0.717) is 55.9 Å². The number of nitro groups is 1. The summed E-state index contributed by atoms with van der Waals surface area (Å²) < 4.78 is 27.7. The molecule has 12 nitrogen and oxygen atoms in total. The maximum absolute atomic E-state index is 15.1. The maximum atomic E-state index is 15.1. The summed E-state index contributed by atoms with van der Waals surface area (Å²) in [6.07, 6.45) is 3.21. The van der Waals surface area contributed by atoms with Crippen LogP contribution in [-0.2, 0) is 9.47 Å². The van der Waals surface area contributed by atoms with Crippen molar-refractivity contribution in [3.63, 3.8) is 0 Å². The molecule has 0 aliphatic carbocycles. The minimum Gasteiger partial charge on any atom is -0.444 e. The number of rotatable bonds is 4. The van der Waals surface area contributed by atoms with Crippen molar-refractivity contribution in [2.75, 3.05) is 37.7 Å². The molecule has 2 aliphatic heterocycles. The lowest BCUT2D eigenvalue weighted by Gasteiger charge is -2.36. The smallest absolute Gasteiger partial charge is 0.410 e. The van der Waals surface area contributed by atoms with E-state index in [0.717, 1.165) is 12.8 Å². The minimum absolute atomic E-state index is 0.0725. The average molecular weight is 516 g/mol. The lowest BCUT2D eigenvalue weighted by Crippen LogP contribution is -2.50. The van der Waals surface area contributed by atoms with E-state index < -0.39 is 16.3 Å². The fourth-order valence-electron chi connectivity index (χ4n) is 4.59. The van der Waals surface area contributed by atoms with E-state index in [9.17, 15) is 14.9 Å². The number of aromatic amines is 1. The Hall–Kier alpha value is -3.74. The number of halogens is 1. The van der Waals surface area contributed by atoms with E-state index in [1.54, 1.807) is 11.0 Å². The van der Waals surface area contributed by atoms with Gasteiger partial charge in [-0.15, -0.1) is 0 Å². The molecule has 1 aromatic carbocycles. The van der Waals surface area contributed by atoms with Gasteiger partial charge < -0.3 is 24.3 Å². The molecule has 1 amide bonds. The third-order valence-electron chi connectivity index (χ3n) is 6.41. The van der Waals surface area contributed by atoms with E-state index in [1.807, 2.05) is 25.7 Å². The number of anilines is 1. The van der Waals surface area contributed by atoms with Crippen LogP contribution in [0.3, 0.4) is 0 Å². The lowest BCUT2D eigenvalue weighted by atomic mass is 10.2. The van der Waals surface area contributed by atoms with Crippen LogP contribution in [0.15, 0.2) is 18.3 Å². The fourth-order valence-corrected chi connectivity index (χ4v) is 4.59. The number of aromatic nitrogens is 4. The Morgan fingerprint density at radius 1 is 1.24 bits per heavy atom. The summed E-state index contributed by atoms with van der Waals surface area (Å²) in [5.74, 6) is -0.283. The van der Waals surface area contributed by atoms with E-state index in [-0.39, 0.29) is 29.5 Å². The molecular formula is C24H30FN7O5. The van der Waals surface area contributed by atoms with E-state index >= 15 is 4.39 Å². The Balaban J connectivity index is 1.38. The number of H-pyrrole nitrogens is 1. The fraction of sp³-hybridized carbons (Fsp3) is 0.542. The highest BCUT2D eigenvalue weighted by molar-refractivity contribution is 5.84. The van der Waals surface area contributed by atoms with Crippen molar-refractivity contribution in [1.29, 1.82) is 0 Å². The Labute approximate surface area is 212 Å². The number of ether oxygens (including phenoxy) is 2. The second-order valence-electron chi connectivity index (χ2n) is 10.3. The van der Waals surface area contributed by atoms with Crippen LogP contribution in [0, 0.1) is 15.9 Å². The van der Waals surface area contributed by atoms with Gasteiger partial charge in [-0.1, -0.05) is 0 Å². The number of carbonyl (C=O) groups excluding carboxylic acids is 1. The van der Waals surface area contributed by atoms with Crippen molar-refractivity contribution in [2.24, 2.45) is 0 Å². The van der Waals surface area contributed by atoms with Crippen LogP contribution in [0.25, 0.3) is 22.6 Å². The number of benzene rings is 1. The molecule has 0 saturated carbocycles. The zero-order valence-electron chi connectivity index (χ0n) is 21.1. The zero-order chi connectivity index (χ0) is 26.3. The second-order valence-corrected chi connectivity index (χ2v) is 10.3. The quantitative estimate of drug-likeness (QED) is 0.403. The van der Waals surface area contributed by atoms with E-state index in [1.165, 1.54) is 16.9 Å². The predicted molar refractivity (Wildman–Crippen MR) is 133 cm³/mol. The largest absolute Gasteiger partial charge is 0.444 e. The first kappa shape index (κ1) is 24.9. The van der Waals surface area contributed by atoms with E-state index in [2.05, 4.69) is 15.1 Å². The standard InChI is InChI=1S/C24H30FN7O5/c1-24(2,3)37-23(33)30-9-7-29(8-10-30)18-13-17-16(12-15(18)25)26-22(27-17)21-19(32(34)35)14-31(28-21)20-6-4-5-11-36-20/h12-14,20H,4-11H2,1-3H3,(H,26,27). The molecule has 2 aliphatic rings. The third-order valence-corrected chi connectivity index (χ3v) is 6.41. The summed E-state index contributed by atoms with van der Waals surface area (Å²) in [5.41, 5.74) is 0.510. The van der Waals surface area contributed by atoms with Gasteiger partial charge in [-0.2, -0.15) is 5.10 Å². The van der Waals surface area contributed by atoms with Crippen molar-refractivity contribution in [2.45, 2.75) is 51.9 Å². The number of nitrogens with zero attached hydrogens (tertiary/aromatic N) is 6. The summed E-state index contributed by atoms with van der Waals surface area (Å²) in [7, 11) is 0. The van der Waals surface area contributed by atoms with Crippen LogP contribution in [0.2, 0.25) is 0 Å². The Kier molecular flexibility index (Phi) is 6.48. The maximum Gasteiger partial charge on any atom is 0.410 e. The number of hydrogen-bond donors (Lipinski definition) is 1. The number of carbonyl (C=O) groups is 1. The van der Waals surface area contributed by atoms with Gasteiger partial charge in [0.15, 0.2) is 5.82 Å². The molecule has 198 valence electrons. The normalized spacial score (nSPS) is 18.9. The van der Waals surface area contributed by atoms with Crippen molar-refractivity contribution in [3.8, 4) is 11.5 Å². The molecular weight excluding hydrogens is 485 g/mol. The van der Waals surface area contributed by atoms with Crippen LogP contribution >= 0.6 is 0 Å². The molecule has 37 heavy (non-hydrogen) atoms. The summed E-state index contributed by atoms with van der Waals surface area (Å²) in [4.78, 5) is 34.5. The first-order chi connectivity index (χ1) is 17.6. The first-order valence-electron chi connectivity index (χ1n) is 12.4. The van der Waals surface area contributed by atoms with Crippen LogP contribution in [0.4, 0.5) is 20.6 Å². The number of nitrogens with one attached hydrogen (secondary N) is 1.